The lowest BCUT2D eigenvalue weighted by Gasteiger charge is -2.13. The van der Waals surface area contributed by atoms with Gasteiger partial charge in [0.25, 0.3) is 0 Å². The third kappa shape index (κ3) is 6.76. The van der Waals surface area contributed by atoms with Gasteiger partial charge in [-0.15, -0.1) is 0 Å². The molecule has 0 saturated carbocycles. The second-order valence-corrected chi connectivity index (χ2v) is 6.50. The van der Waals surface area contributed by atoms with Crippen LogP contribution in [0.15, 0.2) is 41.7 Å². The number of aryl methyl sites for hydroxylation is 2. The van der Waals surface area contributed by atoms with Crippen molar-refractivity contribution in [3.8, 4) is 11.5 Å². The maximum absolute atomic E-state index is 5.65. The van der Waals surface area contributed by atoms with Gasteiger partial charge in [-0.25, -0.2) is 0 Å². The largest absolute Gasteiger partial charge is 0.493 e. The highest BCUT2D eigenvalue weighted by Crippen LogP contribution is 2.28. The number of rotatable bonds is 10. The second kappa shape index (κ2) is 11.8. The molecule has 0 fully saturated rings. The highest BCUT2D eigenvalue weighted by atomic mass is 16.5. The van der Waals surface area contributed by atoms with E-state index in [0.29, 0.717) is 6.61 Å². The van der Waals surface area contributed by atoms with Gasteiger partial charge in [0.2, 0.25) is 0 Å². The van der Waals surface area contributed by atoms with Crippen molar-refractivity contribution >= 4 is 5.96 Å². The van der Waals surface area contributed by atoms with Gasteiger partial charge in [-0.05, 0) is 68.0 Å². The van der Waals surface area contributed by atoms with Crippen molar-refractivity contribution in [2.24, 2.45) is 4.99 Å². The molecular formula is C22H32N4O2. The summed E-state index contributed by atoms with van der Waals surface area (Å²) in [6.45, 7) is 6.38. The number of benzene rings is 1. The van der Waals surface area contributed by atoms with Crippen molar-refractivity contribution in [1.29, 1.82) is 0 Å². The lowest BCUT2D eigenvalue weighted by Crippen LogP contribution is -2.38. The number of pyridine rings is 1. The minimum absolute atomic E-state index is 0.627. The fourth-order valence-corrected chi connectivity index (χ4v) is 2.96. The molecule has 1 heterocycles. The van der Waals surface area contributed by atoms with Crippen LogP contribution in [0.2, 0.25) is 0 Å². The predicted octanol–water partition coefficient (Wildman–Crippen LogP) is 3.14. The Morgan fingerprint density at radius 1 is 1.11 bits per heavy atom. The van der Waals surface area contributed by atoms with E-state index in [2.05, 4.69) is 45.7 Å². The van der Waals surface area contributed by atoms with Crippen LogP contribution in [0.5, 0.6) is 11.5 Å². The zero-order chi connectivity index (χ0) is 20.2. The van der Waals surface area contributed by atoms with Crippen LogP contribution in [0.1, 0.15) is 30.0 Å². The molecule has 0 atom stereocenters. The molecule has 152 valence electrons. The molecule has 0 amide bonds. The first-order valence-corrected chi connectivity index (χ1v) is 9.81. The lowest BCUT2D eigenvalue weighted by atomic mass is 10.1. The summed E-state index contributed by atoms with van der Waals surface area (Å²) in [4.78, 5) is 8.43. The number of hydrogen-bond acceptors (Lipinski definition) is 4. The summed E-state index contributed by atoms with van der Waals surface area (Å²) in [5.41, 5.74) is 3.77. The molecule has 28 heavy (non-hydrogen) atoms. The number of nitrogens with zero attached hydrogens (tertiary/aromatic N) is 2. The Kier molecular flexibility index (Phi) is 9.11. The normalized spacial score (nSPS) is 11.2. The number of methoxy groups -OCH3 is 1. The SMILES string of the molecule is CCOc1cc(CCCNC(=NC)NCCc2ccncc2C)ccc1OC. The molecule has 0 unspecified atom stereocenters. The summed E-state index contributed by atoms with van der Waals surface area (Å²) in [5.74, 6) is 2.41. The lowest BCUT2D eigenvalue weighted by molar-refractivity contribution is 0.310. The standard InChI is InChI=1S/C22H32N4O2/c1-5-28-21-15-18(8-9-20(21)27-4)7-6-12-25-22(23-3)26-14-11-19-10-13-24-16-17(19)2/h8-10,13,15-16H,5-7,11-12,14H2,1-4H3,(H2,23,25,26). The van der Waals surface area contributed by atoms with Crippen LogP contribution >= 0.6 is 0 Å². The van der Waals surface area contributed by atoms with E-state index >= 15 is 0 Å². The van der Waals surface area contributed by atoms with Gasteiger partial charge in [-0.2, -0.15) is 0 Å². The quantitative estimate of drug-likeness (QED) is 0.374. The summed E-state index contributed by atoms with van der Waals surface area (Å²) in [6.07, 6.45) is 6.65. The van der Waals surface area contributed by atoms with E-state index in [4.69, 9.17) is 9.47 Å². The molecule has 6 heteroatoms. The number of ether oxygens (including phenoxy) is 2. The zero-order valence-electron chi connectivity index (χ0n) is 17.4. The predicted molar refractivity (Wildman–Crippen MR) is 115 cm³/mol. The summed E-state index contributed by atoms with van der Waals surface area (Å²) in [6, 6.07) is 8.19. The van der Waals surface area contributed by atoms with Crippen molar-refractivity contribution in [1.82, 2.24) is 15.6 Å². The molecule has 0 aliphatic carbocycles. The highest BCUT2D eigenvalue weighted by Gasteiger charge is 2.05. The van der Waals surface area contributed by atoms with E-state index < -0.39 is 0 Å². The average molecular weight is 385 g/mol. The fraction of sp³-hybridized carbons (Fsp3) is 0.455. The fourth-order valence-electron chi connectivity index (χ4n) is 2.96. The molecular weight excluding hydrogens is 352 g/mol. The number of aromatic nitrogens is 1. The van der Waals surface area contributed by atoms with E-state index in [1.807, 2.05) is 25.4 Å². The van der Waals surface area contributed by atoms with Gasteiger partial charge in [0.05, 0.1) is 13.7 Å². The van der Waals surface area contributed by atoms with E-state index in [1.165, 1.54) is 16.7 Å². The molecule has 1 aromatic heterocycles. The Labute approximate surface area is 168 Å². The minimum Gasteiger partial charge on any atom is -0.493 e. The minimum atomic E-state index is 0.627. The molecule has 1 aromatic carbocycles. The molecule has 2 N–H and O–H groups in total. The third-order valence-electron chi connectivity index (χ3n) is 4.51. The smallest absolute Gasteiger partial charge is 0.190 e. The van der Waals surface area contributed by atoms with Gasteiger partial charge in [0, 0.05) is 32.5 Å². The maximum Gasteiger partial charge on any atom is 0.190 e. The first-order valence-electron chi connectivity index (χ1n) is 9.81. The summed E-state index contributed by atoms with van der Waals surface area (Å²) < 4.78 is 11.0. The van der Waals surface area contributed by atoms with Crippen molar-refractivity contribution < 1.29 is 9.47 Å². The van der Waals surface area contributed by atoms with Crippen molar-refractivity contribution in [3.05, 3.63) is 53.3 Å². The first kappa shape index (κ1) is 21.5. The van der Waals surface area contributed by atoms with Gasteiger partial charge in [-0.1, -0.05) is 6.07 Å². The van der Waals surface area contributed by atoms with Crippen LogP contribution in [-0.2, 0) is 12.8 Å². The van der Waals surface area contributed by atoms with Gasteiger partial charge in [-0.3, -0.25) is 9.98 Å². The van der Waals surface area contributed by atoms with E-state index in [-0.39, 0.29) is 0 Å². The van der Waals surface area contributed by atoms with Gasteiger partial charge < -0.3 is 20.1 Å². The maximum atomic E-state index is 5.65. The van der Waals surface area contributed by atoms with Crippen LogP contribution < -0.4 is 20.1 Å². The molecule has 2 aromatic rings. The second-order valence-electron chi connectivity index (χ2n) is 6.50. The summed E-state index contributed by atoms with van der Waals surface area (Å²) in [5, 5.41) is 6.74. The molecule has 2 rings (SSSR count). The number of guanidine groups is 1. The molecule has 0 bridgehead atoms. The van der Waals surface area contributed by atoms with Crippen molar-refractivity contribution in [2.75, 3.05) is 33.9 Å². The Hall–Kier alpha value is -2.76. The Morgan fingerprint density at radius 3 is 2.64 bits per heavy atom. The topological polar surface area (TPSA) is 67.8 Å². The molecule has 0 radical (unpaired) electrons. The summed E-state index contributed by atoms with van der Waals surface area (Å²) in [7, 11) is 3.46. The van der Waals surface area contributed by atoms with Gasteiger partial charge in [0.15, 0.2) is 17.5 Å². The Balaban J connectivity index is 1.72. The number of nitrogens with one attached hydrogen (secondary N) is 2. The molecule has 0 aliphatic heterocycles. The Morgan fingerprint density at radius 2 is 1.93 bits per heavy atom. The van der Waals surface area contributed by atoms with E-state index in [0.717, 1.165) is 49.8 Å². The number of hydrogen-bond donors (Lipinski definition) is 2. The van der Waals surface area contributed by atoms with Crippen LogP contribution in [0.25, 0.3) is 0 Å². The van der Waals surface area contributed by atoms with E-state index in [9.17, 15) is 0 Å². The van der Waals surface area contributed by atoms with E-state index in [1.54, 1.807) is 14.2 Å². The van der Waals surface area contributed by atoms with Crippen LogP contribution in [-0.4, -0.2) is 44.8 Å². The zero-order valence-corrected chi connectivity index (χ0v) is 17.4. The summed E-state index contributed by atoms with van der Waals surface area (Å²) >= 11 is 0. The molecule has 0 saturated heterocycles. The molecule has 0 aliphatic rings. The van der Waals surface area contributed by atoms with Crippen LogP contribution in [0, 0.1) is 6.92 Å². The first-order chi connectivity index (χ1) is 13.7. The molecule has 6 nitrogen and oxygen atoms in total. The van der Waals surface area contributed by atoms with Crippen LogP contribution in [0.3, 0.4) is 0 Å². The third-order valence-corrected chi connectivity index (χ3v) is 4.51. The van der Waals surface area contributed by atoms with Crippen molar-refractivity contribution in [2.45, 2.75) is 33.1 Å². The molecule has 0 spiro atoms. The number of aliphatic imine (C=N–C) groups is 1. The average Bonchev–Trinajstić information content (AvgIpc) is 2.71. The van der Waals surface area contributed by atoms with Gasteiger partial charge in [0.1, 0.15) is 0 Å². The van der Waals surface area contributed by atoms with Gasteiger partial charge >= 0.3 is 0 Å². The monoisotopic (exact) mass is 384 g/mol. The Bertz CT molecular complexity index is 762. The van der Waals surface area contributed by atoms with Crippen LogP contribution in [0.4, 0.5) is 0 Å². The highest BCUT2D eigenvalue weighted by molar-refractivity contribution is 5.79. The van der Waals surface area contributed by atoms with Crippen molar-refractivity contribution in [3.63, 3.8) is 0 Å².